The lowest BCUT2D eigenvalue weighted by atomic mass is 9.93. The van der Waals surface area contributed by atoms with Gasteiger partial charge >= 0.3 is 0 Å². The maximum absolute atomic E-state index is 12.3. The van der Waals surface area contributed by atoms with Crippen LogP contribution < -0.4 is 10.9 Å². The molecule has 6 heteroatoms. The summed E-state index contributed by atoms with van der Waals surface area (Å²) in [6.07, 6.45) is 7.24. The third-order valence-corrected chi connectivity index (χ3v) is 5.16. The molecule has 1 saturated carbocycles. The number of rotatable bonds is 5. The van der Waals surface area contributed by atoms with Crippen molar-refractivity contribution in [2.75, 3.05) is 6.54 Å². The van der Waals surface area contributed by atoms with E-state index in [1.165, 1.54) is 17.5 Å². The van der Waals surface area contributed by atoms with Gasteiger partial charge in [0, 0.05) is 13.0 Å². The fourth-order valence-electron chi connectivity index (χ4n) is 3.84. The van der Waals surface area contributed by atoms with Gasteiger partial charge in [0.2, 0.25) is 5.91 Å². The number of nitrogens with one attached hydrogen (secondary N) is 1. The van der Waals surface area contributed by atoms with Gasteiger partial charge in [-0.1, -0.05) is 29.5 Å². The third-order valence-electron chi connectivity index (χ3n) is 5.16. The smallest absolute Gasteiger partial charge is 0.277 e. The highest BCUT2D eigenvalue weighted by molar-refractivity contribution is 5.77. The van der Waals surface area contributed by atoms with Crippen LogP contribution in [-0.4, -0.2) is 27.4 Å². The molecule has 4 rings (SSSR count). The summed E-state index contributed by atoms with van der Waals surface area (Å²) >= 11 is 0. The zero-order valence-electron chi connectivity index (χ0n) is 13.4. The van der Waals surface area contributed by atoms with Crippen molar-refractivity contribution in [1.82, 2.24) is 20.3 Å². The molecule has 0 unspecified atom stereocenters. The summed E-state index contributed by atoms with van der Waals surface area (Å²) in [5.74, 6) is 1.86. The minimum Gasteiger partial charge on any atom is -0.356 e. The average Bonchev–Trinajstić information content (AvgIpc) is 3.22. The van der Waals surface area contributed by atoms with Crippen molar-refractivity contribution in [2.24, 2.45) is 17.8 Å². The molecule has 124 valence electrons. The molecule has 0 spiro atoms. The summed E-state index contributed by atoms with van der Waals surface area (Å²) in [6, 6.07) is 7.10. The monoisotopic (exact) mass is 324 g/mol. The van der Waals surface area contributed by atoms with Gasteiger partial charge in [0.1, 0.15) is 5.52 Å². The lowest BCUT2D eigenvalue weighted by Gasteiger charge is -2.18. The van der Waals surface area contributed by atoms with Gasteiger partial charge in [-0.15, -0.1) is 5.10 Å². The highest BCUT2D eigenvalue weighted by Crippen LogP contribution is 2.42. The normalized spacial score (nSPS) is 24.6. The molecule has 0 saturated heterocycles. The first kappa shape index (κ1) is 15.1. The van der Waals surface area contributed by atoms with E-state index in [1.54, 1.807) is 18.2 Å². The van der Waals surface area contributed by atoms with Crippen molar-refractivity contribution in [3.05, 3.63) is 46.8 Å². The molecule has 1 aromatic carbocycles. The molecule has 2 aliphatic carbocycles. The number of carbonyl (C=O) groups is 1. The van der Waals surface area contributed by atoms with Crippen LogP contribution in [0.25, 0.3) is 10.9 Å². The number of nitrogens with zero attached hydrogens (tertiary/aromatic N) is 3. The van der Waals surface area contributed by atoms with E-state index in [2.05, 4.69) is 27.8 Å². The molecule has 3 atom stereocenters. The minimum atomic E-state index is -0.202. The van der Waals surface area contributed by atoms with Crippen LogP contribution in [0.15, 0.2) is 41.2 Å². The van der Waals surface area contributed by atoms with Crippen LogP contribution in [0.4, 0.5) is 0 Å². The number of benzene rings is 1. The molecule has 0 aliphatic heterocycles. The van der Waals surface area contributed by atoms with Crippen LogP contribution in [0.1, 0.15) is 19.3 Å². The Bertz CT molecular complexity index is 857. The molecule has 1 N–H and O–H groups in total. The summed E-state index contributed by atoms with van der Waals surface area (Å²) in [4.78, 5) is 24.4. The third kappa shape index (κ3) is 2.84. The predicted molar refractivity (Wildman–Crippen MR) is 90.3 cm³/mol. The van der Waals surface area contributed by atoms with E-state index in [0.29, 0.717) is 28.7 Å². The number of hydrogen-bond donors (Lipinski definition) is 1. The molecule has 0 radical (unpaired) electrons. The van der Waals surface area contributed by atoms with E-state index < -0.39 is 0 Å². The largest absolute Gasteiger partial charge is 0.356 e. The van der Waals surface area contributed by atoms with Crippen molar-refractivity contribution in [1.29, 1.82) is 0 Å². The van der Waals surface area contributed by atoms with Crippen LogP contribution in [0.5, 0.6) is 0 Å². The van der Waals surface area contributed by atoms with E-state index in [4.69, 9.17) is 0 Å². The Labute approximate surface area is 139 Å². The summed E-state index contributed by atoms with van der Waals surface area (Å²) in [7, 11) is 0. The van der Waals surface area contributed by atoms with Gasteiger partial charge < -0.3 is 5.32 Å². The van der Waals surface area contributed by atoms with Crippen molar-refractivity contribution >= 4 is 16.8 Å². The zero-order chi connectivity index (χ0) is 16.5. The molecule has 2 bridgehead atoms. The maximum atomic E-state index is 12.3. The molecule has 2 aliphatic rings. The Hall–Kier alpha value is -2.50. The number of aromatic nitrogens is 3. The number of allylic oxidation sites excluding steroid dienone is 2. The first-order chi connectivity index (χ1) is 11.7. The summed E-state index contributed by atoms with van der Waals surface area (Å²) < 4.78 is 1.27. The van der Waals surface area contributed by atoms with E-state index >= 15 is 0 Å². The molecule has 1 amide bonds. The molecule has 1 fully saturated rings. The van der Waals surface area contributed by atoms with Gasteiger partial charge in [-0.3, -0.25) is 9.59 Å². The molecule has 2 aromatic rings. The Kier molecular flexibility index (Phi) is 3.88. The lowest BCUT2D eigenvalue weighted by molar-refractivity contribution is -0.121. The summed E-state index contributed by atoms with van der Waals surface area (Å²) in [5, 5.41) is 11.5. The second-order valence-corrected chi connectivity index (χ2v) is 6.73. The van der Waals surface area contributed by atoms with E-state index in [9.17, 15) is 9.59 Å². The first-order valence-corrected chi connectivity index (χ1v) is 8.48. The second kappa shape index (κ2) is 6.19. The first-order valence-electron chi connectivity index (χ1n) is 8.48. The zero-order valence-corrected chi connectivity index (χ0v) is 13.4. The summed E-state index contributed by atoms with van der Waals surface area (Å²) in [5.41, 5.74) is 0.374. The molecule has 1 heterocycles. The van der Waals surface area contributed by atoms with Crippen LogP contribution in [0, 0.1) is 17.8 Å². The van der Waals surface area contributed by atoms with Crippen molar-refractivity contribution in [3.63, 3.8) is 0 Å². The van der Waals surface area contributed by atoms with Crippen molar-refractivity contribution in [3.8, 4) is 0 Å². The van der Waals surface area contributed by atoms with Crippen LogP contribution in [-0.2, 0) is 11.3 Å². The number of hydrogen-bond acceptors (Lipinski definition) is 4. The van der Waals surface area contributed by atoms with Gasteiger partial charge in [-0.05, 0) is 42.7 Å². The van der Waals surface area contributed by atoms with Gasteiger partial charge in [0.25, 0.3) is 5.56 Å². The van der Waals surface area contributed by atoms with E-state index in [0.717, 1.165) is 6.54 Å². The Morgan fingerprint density at radius 3 is 2.92 bits per heavy atom. The quantitative estimate of drug-likeness (QED) is 0.846. The Morgan fingerprint density at radius 2 is 2.12 bits per heavy atom. The van der Waals surface area contributed by atoms with Crippen molar-refractivity contribution < 1.29 is 4.79 Å². The molecule has 1 aromatic heterocycles. The predicted octanol–water partition coefficient (Wildman–Crippen LogP) is 1.51. The van der Waals surface area contributed by atoms with Gasteiger partial charge in [-0.25, -0.2) is 4.68 Å². The molecular formula is C18H20N4O2. The molecular weight excluding hydrogens is 304 g/mol. The van der Waals surface area contributed by atoms with Crippen LogP contribution in [0.2, 0.25) is 0 Å². The second-order valence-electron chi connectivity index (χ2n) is 6.73. The molecule has 24 heavy (non-hydrogen) atoms. The number of carbonyl (C=O) groups excluding carboxylic acids is 1. The average molecular weight is 324 g/mol. The van der Waals surface area contributed by atoms with Gasteiger partial charge in [0.15, 0.2) is 0 Å². The number of fused-ring (bicyclic) bond motifs is 3. The number of aryl methyl sites for hydroxylation is 1. The number of amides is 1. The van der Waals surface area contributed by atoms with E-state index in [-0.39, 0.29) is 24.4 Å². The highest BCUT2D eigenvalue weighted by Gasteiger charge is 2.35. The Balaban J connectivity index is 1.33. The molecule has 6 nitrogen and oxygen atoms in total. The SMILES string of the molecule is O=C(CCn1nnc2ccccc2c1=O)NC[C@H]1C[C@@H]2C=C[C@H]1C2. The topological polar surface area (TPSA) is 76.9 Å². The fourth-order valence-corrected chi connectivity index (χ4v) is 3.84. The fraction of sp³-hybridized carbons (Fsp3) is 0.444. The van der Waals surface area contributed by atoms with Crippen LogP contribution in [0.3, 0.4) is 0 Å². The maximum Gasteiger partial charge on any atom is 0.277 e. The summed E-state index contributed by atoms with van der Waals surface area (Å²) in [6.45, 7) is 0.974. The standard InChI is InChI=1S/C18H20N4O2/c23-17(19-11-14-10-12-5-6-13(14)9-12)7-8-22-18(24)15-3-1-2-4-16(15)20-21-22/h1-6,12-14H,7-11H2,(H,19,23)/t12-,13+,14-/m1/s1. The van der Waals surface area contributed by atoms with Gasteiger partial charge in [0.05, 0.1) is 11.9 Å². The Morgan fingerprint density at radius 1 is 1.25 bits per heavy atom. The highest BCUT2D eigenvalue weighted by atomic mass is 16.2. The van der Waals surface area contributed by atoms with Gasteiger partial charge in [-0.2, -0.15) is 0 Å². The minimum absolute atomic E-state index is 0.0383. The van der Waals surface area contributed by atoms with E-state index in [1.807, 2.05) is 6.07 Å². The van der Waals surface area contributed by atoms with Crippen LogP contribution >= 0.6 is 0 Å². The lowest BCUT2D eigenvalue weighted by Crippen LogP contribution is -2.33. The van der Waals surface area contributed by atoms with Crippen molar-refractivity contribution in [2.45, 2.75) is 25.8 Å².